The molecule has 2 aromatic heterocycles. The third-order valence-corrected chi connectivity index (χ3v) is 6.74. The molecule has 8 heteroatoms. The fourth-order valence-corrected chi connectivity index (χ4v) is 4.88. The van der Waals surface area contributed by atoms with E-state index in [-0.39, 0.29) is 12.5 Å². The summed E-state index contributed by atoms with van der Waals surface area (Å²) in [6.45, 7) is 7.22. The molecular weight excluding hydrogens is 388 g/mol. The average molecular weight is 410 g/mol. The van der Waals surface area contributed by atoms with Crippen molar-refractivity contribution in [1.82, 2.24) is 14.9 Å². The van der Waals surface area contributed by atoms with Gasteiger partial charge in [0.25, 0.3) is 5.91 Å². The van der Waals surface area contributed by atoms with Crippen LogP contribution in [-0.4, -0.2) is 59.7 Å². The molecule has 1 unspecified atom stereocenters. The Kier molecular flexibility index (Phi) is 4.50. The summed E-state index contributed by atoms with van der Waals surface area (Å²) in [5.74, 6) is 2.27. The molecule has 0 saturated carbocycles. The Labute approximate surface area is 172 Å². The number of carbonyl (C=O) groups excluding carboxylic acids is 1. The van der Waals surface area contributed by atoms with E-state index in [2.05, 4.69) is 28.7 Å². The standard InChI is InChI=1S/C21H22N4O3S/c1-13-14(2)29-20-18(13)19(22-12-23-20)24-7-9-25(10-8-24)21(26)17-11-27-15-5-3-4-6-16(15)28-17/h3-6,12,17H,7-11H2,1-2H3. The summed E-state index contributed by atoms with van der Waals surface area (Å²) in [4.78, 5) is 28.4. The molecule has 1 aromatic carbocycles. The molecule has 4 heterocycles. The lowest BCUT2D eigenvalue weighted by atomic mass is 10.2. The Morgan fingerprint density at radius 1 is 1.10 bits per heavy atom. The van der Waals surface area contributed by atoms with Gasteiger partial charge in [-0.05, 0) is 31.5 Å². The Bertz CT molecular complexity index is 1070. The first-order chi connectivity index (χ1) is 14.1. The Hall–Kier alpha value is -2.87. The molecule has 29 heavy (non-hydrogen) atoms. The molecule has 0 aliphatic carbocycles. The van der Waals surface area contributed by atoms with Crippen LogP contribution in [0.15, 0.2) is 30.6 Å². The molecule has 3 aromatic rings. The molecule has 1 saturated heterocycles. The first-order valence-corrected chi connectivity index (χ1v) is 10.6. The number of thiophene rings is 1. The number of hydrogen-bond donors (Lipinski definition) is 0. The van der Waals surface area contributed by atoms with Crippen molar-refractivity contribution in [2.24, 2.45) is 0 Å². The first kappa shape index (κ1) is 18.2. The van der Waals surface area contributed by atoms with Crippen LogP contribution >= 0.6 is 11.3 Å². The van der Waals surface area contributed by atoms with Crippen molar-refractivity contribution in [2.75, 3.05) is 37.7 Å². The van der Waals surface area contributed by atoms with Crippen LogP contribution in [0.5, 0.6) is 11.5 Å². The van der Waals surface area contributed by atoms with Crippen molar-refractivity contribution in [3.8, 4) is 11.5 Å². The van der Waals surface area contributed by atoms with E-state index in [1.165, 1.54) is 10.4 Å². The maximum atomic E-state index is 13.0. The predicted octanol–water partition coefficient (Wildman–Crippen LogP) is 2.80. The number of aromatic nitrogens is 2. The van der Waals surface area contributed by atoms with Crippen molar-refractivity contribution in [3.63, 3.8) is 0 Å². The van der Waals surface area contributed by atoms with Crippen LogP contribution in [0.2, 0.25) is 0 Å². The molecule has 0 N–H and O–H groups in total. The van der Waals surface area contributed by atoms with Gasteiger partial charge in [0.05, 0.1) is 5.39 Å². The van der Waals surface area contributed by atoms with Crippen molar-refractivity contribution in [1.29, 1.82) is 0 Å². The maximum absolute atomic E-state index is 13.0. The average Bonchev–Trinajstić information content (AvgIpc) is 3.07. The number of anilines is 1. The Morgan fingerprint density at radius 3 is 2.66 bits per heavy atom. The lowest BCUT2D eigenvalue weighted by Crippen LogP contribution is -2.54. The minimum atomic E-state index is -0.594. The molecule has 2 aliphatic heterocycles. The molecule has 0 spiro atoms. The van der Waals surface area contributed by atoms with E-state index in [1.54, 1.807) is 17.7 Å². The number of rotatable bonds is 2. The largest absolute Gasteiger partial charge is 0.485 e. The molecule has 1 amide bonds. The van der Waals surface area contributed by atoms with Crippen LogP contribution in [0.4, 0.5) is 5.82 Å². The fraction of sp³-hybridized carbons (Fsp3) is 0.381. The van der Waals surface area contributed by atoms with Crippen molar-refractivity contribution in [2.45, 2.75) is 20.0 Å². The van der Waals surface area contributed by atoms with Crippen molar-refractivity contribution < 1.29 is 14.3 Å². The lowest BCUT2D eigenvalue weighted by Gasteiger charge is -2.37. The molecule has 5 rings (SSSR count). The quantitative estimate of drug-likeness (QED) is 0.647. The molecule has 150 valence electrons. The number of benzene rings is 1. The van der Waals surface area contributed by atoms with Gasteiger partial charge in [-0.1, -0.05) is 12.1 Å². The van der Waals surface area contributed by atoms with Gasteiger partial charge in [-0.15, -0.1) is 11.3 Å². The second-order valence-electron chi connectivity index (χ2n) is 7.34. The SMILES string of the molecule is Cc1sc2ncnc(N3CCN(C(=O)C4COc5ccccc5O4)CC3)c2c1C. The maximum Gasteiger partial charge on any atom is 0.267 e. The van der Waals surface area contributed by atoms with Crippen LogP contribution in [-0.2, 0) is 4.79 Å². The van der Waals surface area contributed by atoms with Gasteiger partial charge in [0, 0.05) is 31.1 Å². The Morgan fingerprint density at radius 2 is 1.86 bits per heavy atom. The van der Waals surface area contributed by atoms with Gasteiger partial charge in [-0.2, -0.15) is 0 Å². The van der Waals surface area contributed by atoms with Gasteiger partial charge in [-0.25, -0.2) is 9.97 Å². The second kappa shape index (κ2) is 7.18. The third kappa shape index (κ3) is 3.17. The number of carbonyl (C=O) groups is 1. The minimum Gasteiger partial charge on any atom is -0.485 e. The Balaban J connectivity index is 1.28. The zero-order chi connectivity index (χ0) is 20.0. The monoisotopic (exact) mass is 410 g/mol. The highest BCUT2D eigenvalue weighted by molar-refractivity contribution is 7.18. The van der Waals surface area contributed by atoms with Crippen molar-refractivity contribution >= 4 is 33.3 Å². The summed E-state index contributed by atoms with van der Waals surface area (Å²) < 4.78 is 11.6. The highest BCUT2D eigenvalue weighted by atomic mass is 32.1. The molecule has 7 nitrogen and oxygen atoms in total. The van der Waals surface area contributed by atoms with Crippen LogP contribution in [0.1, 0.15) is 10.4 Å². The van der Waals surface area contributed by atoms with E-state index < -0.39 is 6.10 Å². The van der Waals surface area contributed by atoms with Crippen molar-refractivity contribution in [3.05, 3.63) is 41.0 Å². The van der Waals surface area contributed by atoms with E-state index in [4.69, 9.17) is 9.47 Å². The topological polar surface area (TPSA) is 67.8 Å². The van der Waals surface area contributed by atoms with Gasteiger partial charge in [0.15, 0.2) is 11.5 Å². The number of amides is 1. The number of fused-ring (bicyclic) bond motifs is 2. The van der Waals surface area contributed by atoms with Crippen LogP contribution in [0.3, 0.4) is 0 Å². The molecular formula is C21H22N4O3S. The number of hydrogen-bond acceptors (Lipinski definition) is 7. The summed E-state index contributed by atoms with van der Waals surface area (Å²) in [7, 11) is 0. The zero-order valence-corrected chi connectivity index (χ0v) is 17.2. The number of nitrogens with zero attached hydrogens (tertiary/aromatic N) is 4. The summed E-state index contributed by atoms with van der Waals surface area (Å²) in [5.41, 5.74) is 1.24. The summed E-state index contributed by atoms with van der Waals surface area (Å²) >= 11 is 1.70. The van der Waals surface area contributed by atoms with E-state index >= 15 is 0 Å². The van der Waals surface area contributed by atoms with Crippen LogP contribution in [0, 0.1) is 13.8 Å². The van der Waals surface area contributed by atoms with Gasteiger partial charge in [0.2, 0.25) is 6.10 Å². The predicted molar refractivity (Wildman–Crippen MR) is 112 cm³/mol. The molecule has 2 aliphatic rings. The summed E-state index contributed by atoms with van der Waals surface area (Å²) in [6, 6.07) is 7.46. The number of ether oxygens (including phenoxy) is 2. The van der Waals surface area contributed by atoms with Gasteiger partial charge >= 0.3 is 0 Å². The van der Waals surface area contributed by atoms with Crippen LogP contribution in [0.25, 0.3) is 10.2 Å². The molecule has 1 atom stereocenters. The molecule has 0 radical (unpaired) electrons. The van der Waals surface area contributed by atoms with E-state index in [9.17, 15) is 4.79 Å². The summed E-state index contributed by atoms with van der Waals surface area (Å²) in [5, 5.41) is 1.13. The van der Waals surface area contributed by atoms with Gasteiger partial charge in [-0.3, -0.25) is 4.79 Å². The van der Waals surface area contributed by atoms with E-state index in [0.29, 0.717) is 24.6 Å². The number of piperazine rings is 1. The molecule has 1 fully saturated rings. The summed E-state index contributed by atoms with van der Waals surface area (Å²) in [6.07, 6.45) is 1.04. The number of para-hydroxylation sites is 2. The van der Waals surface area contributed by atoms with Gasteiger partial charge < -0.3 is 19.3 Å². The van der Waals surface area contributed by atoms with Crippen LogP contribution < -0.4 is 14.4 Å². The molecule has 0 bridgehead atoms. The fourth-order valence-electron chi connectivity index (χ4n) is 3.89. The van der Waals surface area contributed by atoms with Gasteiger partial charge in [0.1, 0.15) is 23.6 Å². The third-order valence-electron chi connectivity index (χ3n) is 5.62. The zero-order valence-electron chi connectivity index (χ0n) is 16.4. The smallest absolute Gasteiger partial charge is 0.267 e. The highest BCUT2D eigenvalue weighted by Gasteiger charge is 2.33. The minimum absolute atomic E-state index is 0.0189. The second-order valence-corrected chi connectivity index (χ2v) is 8.54. The lowest BCUT2D eigenvalue weighted by molar-refractivity contribution is -0.141. The van der Waals surface area contributed by atoms with E-state index in [1.807, 2.05) is 29.2 Å². The first-order valence-electron chi connectivity index (χ1n) is 9.75. The normalized spacial score (nSPS) is 18.9. The highest BCUT2D eigenvalue weighted by Crippen LogP contribution is 2.35. The number of aryl methyl sites for hydroxylation is 2. The van der Waals surface area contributed by atoms with E-state index in [0.717, 1.165) is 29.1 Å².